The average Bonchev–Trinajstić information content (AvgIpc) is 2.37. The van der Waals surface area contributed by atoms with Gasteiger partial charge in [0.05, 0.1) is 5.69 Å². The summed E-state index contributed by atoms with van der Waals surface area (Å²) in [6.07, 6.45) is 1.25. The van der Waals surface area contributed by atoms with Crippen LogP contribution in [0.5, 0.6) is 0 Å². The van der Waals surface area contributed by atoms with Gasteiger partial charge in [-0.3, -0.25) is 4.79 Å². The number of anilines is 2. The Hall–Kier alpha value is -2.31. The minimum absolute atomic E-state index is 0.150. The van der Waals surface area contributed by atoms with Gasteiger partial charge in [0.1, 0.15) is 11.4 Å². The van der Waals surface area contributed by atoms with E-state index in [-0.39, 0.29) is 18.9 Å². The van der Waals surface area contributed by atoms with Crippen LogP contribution >= 0.6 is 0 Å². The molecule has 0 aromatic carbocycles. The molecule has 1 rings (SSSR count). The second kappa shape index (κ2) is 7.47. The first-order valence-electron chi connectivity index (χ1n) is 6.71. The van der Waals surface area contributed by atoms with Gasteiger partial charge >= 0.3 is 6.09 Å². The minimum atomic E-state index is -0.552. The van der Waals surface area contributed by atoms with Crippen molar-refractivity contribution in [1.82, 2.24) is 10.3 Å². The molecule has 1 aromatic heterocycles. The third kappa shape index (κ3) is 6.60. The molecule has 1 aromatic rings. The number of hydrogen-bond donors (Lipinski definition) is 3. The monoisotopic (exact) mass is 294 g/mol. The number of rotatable bonds is 5. The standard InChI is InChI=1S/C14H22N4O3/c1-14(2,3)21-13(20)17-9-7-11(19)18-10-6-5-8-16-12(10)15-4/h5-6,8H,7,9H2,1-4H3,(H,15,16)(H,17,20)(H,18,19). The number of nitrogens with zero attached hydrogens (tertiary/aromatic N) is 1. The van der Waals surface area contributed by atoms with Gasteiger partial charge in [-0.25, -0.2) is 9.78 Å². The predicted molar refractivity (Wildman–Crippen MR) is 81.3 cm³/mol. The maximum absolute atomic E-state index is 11.8. The lowest BCUT2D eigenvalue weighted by Gasteiger charge is -2.19. The molecule has 0 atom stereocenters. The van der Waals surface area contributed by atoms with Crippen LogP contribution in [-0.4, -0.2) is 36.2 Å². The van der Waals surface area contributed by atoms with E-state index in [4.69, 9.17) is 4.74 Å². The summed E-state index contributed by atoms with van der Waals surface area (Å²) in [6.45, 7) is 5.54. The molecule has 116 valence electrons. The largest absolute Gasteiger partial charge is 0.444 e. The number of carbonyl (C=O) groups is 2. The number of nitrogens with one attached hydrogen (secondary N) is 3. The van der Waals surface area contributed by atoms with Crippen LogP contribution < -0.4 is 16.0 Å². The number of aromatic nitrogens is 1. The lowest BCUT2D eigenvalue weighted by Crippen LogP contribution is -2.34. The van der Waals surface area contributed by atoms with Gasteiger partial charge in [0.25, 0.3) is 0 Å². The first-order chi connectivity index (χ1) is 9.81. The predicted octanol–water partition coefficient (Wildman–Crippen LogP) is 1.98. The summed E-state index contributed by atoms with van der Waals surface area (Å²) in [5, 5.41) is 8.14. The molecule has 7 nitrogen and oxygen atoms in total. The van der Waals surface area contributed by atoms with Crippen molar-refractivity contribution in [2.45, 2.75) is 32.8 Å². The van der Waals surface area contributed by atoms with E-state index in [1.807, 2.05) is 0 Å². The highest BCUT2D eigenvalue weighted by Gasteiger charge is 2.16. The van der Waals surface area contributed by atoms with E-state index in [2.05, 4.69) is 20.9 Å². The topological polar surface area (TPSA) is 92.4 Å². The maximum atomic E-state index is 11.8. The molecule has 0 fully saturated rings. The molecule has 7 heteroatoms. The summed E-state index contributed by atoms with van der Waals surface area (Å²) in [4.78, 5) is 27.3. The van der Waals surface area contributed by atoms with Crippen LogP contribution in [-0.2, 0) is 9.53 Å². The highest BCUT2D eigenvalue weighted by Crippen LogP contribution is 2.16. The van der Waals surface area contributed by atoms with Gasteiger partial charge in [0.2, 0.25) is 5.91 Å². The molecule has 0 aliphatic carbocycles. The first-order valence-corrected chi connectivity index (χ1v) is 6.71. The normalized spacial score (nSPS) is 10.7. The van der Waals surface area contributed by atoms with E-state index in [1.165, 1.54) is 0 Å². The quantitative estimate of drug-likeness (QED) is 0.772. The Morgan fingerprint density at radius 2 is 2.05 bits per heavy atom. The molecule has 0 saturated carbocycles. The van der Waals surface area contributed by atoms with E-state index >= 15 is 0 Å². The fourth-order valence-corrected chi connectivity index (χ4v) is 1.51. The molecule has 0 saturated heterocycles. The Morgan fingerprint density at radius 1 is 1.33 bits per heavy atom. The second-order valence-corrected chi connectivity index (χ2v) is 5.38. The zero-order valence-corrected chi connectivity index (χ0v) is 12.8. The number of alkyl carbamates (subject to hydrolysis) is 1. The molecule has 0 radical (unpaired) electrons. The van der Waals surface area contributed by atoms with Gasteiger partial charge < -0.3 is 20.7 Å². The molecule has 0 unspecified atom stereocenters. The molecular formula is C14H22N4O3. The molecule has 1 heterocycles. The third-order valence-electron chi connectivity index (χ3n) is 2.34. The zero-order valence-electron chi connectivity index (χ0n) is 12.8. The average molecular weight is 294 g/mol. The Morgan fingerprint density at radius 3 is 2.67 bits per heavy atom. The van der Waals surface area contributed by atoms with Crippen LogP contribution in [0.25, 0.3) is 0 Å². The smallest absolute Gasteiger partial charge is 0.407 e. The summed E-state index contributed by atoms with van der Waals surface area (Å²) in [6, 6.07) is 3.48. The van der Waals surface area contributed by atoms with E-state index in [0.29, 0.717) is 11.5 Å². The fourth-order valence-electron chi connectivity index (χ4n) is 1.51. The number of ether oxygens (including phenoxy) is 1. The molecule has 0 spiro atoms. The number of carbonyl (C=O) groups excluding carboxylic acids is 2. The molecular weight excluding hydrogens is 272 g/mol. The van der Waals surface area contributed by atoms with E-state index in [1.54, 1.807) is 46.1 Å². The van der Waals surface area contributed by atoms with Gasteiger partial charge in [-0.15, -0.1) is 0 Å². The van der Waals surface area contributed by atoms with Crippen molar-refractivity contribution < 1.29 is 14.3 Å². The lowest BCUT2D eigenvalue weighted by molar-refractivity contribution is -0.116. The summed E-state index contributed by atoms with van der Waals surface area (Å²) in [5.74, 6) is 0.376. The minimum Gasteiger partial charge on any atom is -0.444 e. The third-order valence-corrected chi connectivity index (χ3v) is 2.34. The molecule has 21 heavy (non-hydrogen) atoms. The zero-order chi connectivity index (χ0) is 15.9. The highest BCUT2D eigenvalue weighted by molar-refractivity contribution is 5.93. The molecule has 0 aliphatic rings. The lowest BCUT2D eigenvalue weighted by atomic mass is 10.2. The maximum Gasteiger partial charge on any atom is 0.407 e. The van der Waals surface area contributed by atoms with Crippen LogP contribution in [0.2, 0.25) is 0 Å². The summed E-state index contributed by atoms with van der Waals surface area (Å²) >= 11 is 0. The first kappa shape index (κ1) is 16.7. The van der Waals surface area contributed by atoms with E-state index in [0.717, 1.165) is 0 Å². The van der Waals surface area contributed by atoms with Crippen molar-refractivity contribution in [3.63, 3.8) is 0 Å². The molecule has 2 amide bonds. The Bertz CT molecular complexity index is 497. The van der Waals surface area contributed by atoms with Crippen molar-refractivity contribution in [3.8, 4) is 0 Å². The molecule has 3 N–H and O–H groups in total. The van der Waals surface area contributed by atoms with Crippen molar-refractivity contribution in [2.24, 2.45) is 0 Å². The van der Waals surface area contributed by atoms with E-state index in [9.17, 15) is 9.59 Å². The van der Waals surface area contributed by atoms with Crippen LogP contribution in [0.4, 0.5) is 16.3 Å². The van der Waals surface area contributed by atoms with Crippen molar-refractivity contribution in [2.75, 3.05) is 24.2 Å². The SMILES string of the molecule is CNc1ncccc1NC(=O)CCNC(=O)OC(C)(C)C. The van der Waals surface area contributed by atoms with Crippen molar-refractivity contribution in [1.29, 1.82) is 0 Å². The van der Waals surface area contributed by atoms with Crippen LogP contribution in [0, 0.1) is 0 Å². The van der Waals surface area contributed by atoms with E-state index < -0.39 is 11.7 Å². The van der Waals surface area contributed by atoms with Crippen LogP contribution in [0.3, 0.4) is 0 Å². The van der Waals surface area contributed by atoms with Gasteiger partial charge in [-0.2, -0.15) is 0 Å². The summed E-state index contributed by atoms with van der Waals surface area (Å²) in [7, 11) is 1.72. The second-order valence-electron chi connectivity index (χ2n) is 5.38. The van der Waals surface area contributed by atoms with Gasteiger partial charge in [0, 0.05) is 26.2 Å². The molecule has 0 bridgehead atoms. The Balaban J connectivity index is 2.36. The summed E-state index contributed by atoms with van der Waals surface area (Å²) < 4.78 is 5.07. The van der Waals surface area contributed by atoms with Crippen molar-refractivity contribution >= 4 is 23.5 Å². The molecule has 0 aliphatic heterocycles. The Kier molecular flexibility index (Phi) is 5.95. The fraction of sp³-hybridized carbons (Fsp3) is 0.500. The number of amides is 2. The Labute approximate surface area is 124 Å². The summed E-state index contributed by atoms with van der Waals surface area (Å²) in [5.41, 5.74) is 0.0475. The van der Waals surface area contributed by atoms with Crippen LogP contribution in [0.15, 0.2) is 18.3 Å². The van der Waals surface area contributed by atoms with Crippen LogP contribution in [0.1, 0.15) is 27.2 Å². The highest BCUT2D eigenvalue weighted by atomic mass is 16.6. The van der Waals surface area contributed by atoms with Gasteiger partial charge in [-0.05, 0) is 32.9 Å². The van der Waals surface area contributed by atoms with Gasteiger partial charge in [0.15, 0.2) is 0 Å². The number of pyridine rings is 1. The van der Waals surface area contributed by atoms with Gasteiger partial charge in [-0.1, -0.05) is 0 Å². The van der Waals surface area contributed by atoms with Crippen molar-refractivity contribution in [3.05, 3.63) is 18.3 Å². The number of hydrogen-bond acceptors (Lipinski definition) is 5.